The first-order valence-electron chi connectivity index (χ1n) is 4.17. The molecule has 1 atom stereocenters. The molecule has 0 saturated carbocycles. The van der Waals surface area contributed by atoms with Crippen LogP contribution in [0.3, 0.4) is 0 Å². The van der Waals surface area contributed by atoms with E-state index in [9.17, 15) is 8.78 Å². The molecule has 1 aromatic carbocycles. The predicted molar refractivity (Wildman–Crippen MR) is 46.3 cm³/mol. The average molecular weight is 312 g/mol. The Kier molecular flexibility index (Phi) is 3.65. The summed E-state index contributed by atoms with van der Waals surface area (Å²) in [5.74, 6) is 0. The Morgan fingerprint density at radius 1 is 1.36 bits per heavy atom. The van der Waals surface area contributed by atoms with E-state index >= 15 is 0 Å². The molecule has 0 fully saturated rings. The molecular weight excluding hydrogens is 301 g/mol. The van der Waals surface area contributed by atoms with Crippen LogP contribution < -0.4 is 33.8 Å². The first-order valence-corrected chi connectivity index (χ1v) is 4.17. The molecule has 0 aromatic heterocycles. The van der Waals surface area contributed by atoms with Gasteiger partial charge in [0, 0.05) is 6.07 Å². The van der Waals surface area contributed by atoms with Crippen molar-refractivity contribution in [1.82, 2.24) is 0 Å². The van der Waals surface area contributed by atoms with E-state index in [1.807, 2.05) is 19.2 Å². The van der Waals surface area contributed by atoms with Gasteiger partial charge < -0.3 is 24.0 Å². The molecule has 1 aliphatic rings. The number of hydrogen-bond acceptors (Lipinski definition) is 1. The number of benzene rings is 1. The van der Waals surface area contributed by atoms with Gasteiger partial charge in [0.25, 0.3) is 0 Å². The summed E-state index contributed by atoms with van der Waals surface area (Å²) in [7, 11) is 1.89. The van der Waals surface area contributed by atoms with Gasteiger partial charge in [-0.1, -0.05) is 12.1 Å². The molecule has 0 amide bonds. The number of nitrogens with zero attached hydrogens (tertiary/aromatic N) is 1. The number of alkyl halides is 2. The fourth-order valence-electron chi connectivity index (χ4n) is 1.68. The van der Waals surface area contributed by atoms with Gasteiger partial charge in [0.05, 0.1) is 7.05 Å². The molecule has 2 rings (SSSR count). The second-order valence-corrected chi connectivity index (χ2v) is 3.20. The molecular formula is C9H11F2IN2. The van der Waals surface area contributed by atoms with Gasteiger partial charge in [-0.15, -0.1) is 0 Å². The molecule has 0 bridgehead atoms. The Labute approximate surface area is 98.5 Å². The third-order valence-electron chi connectivity index (χ3n) is 2.32. The van der Waals surface area contributed by atoms with Crippen LogP contribution in [-0.2, 0) is 0 Å². The van der Waals surface area contributed by atoms with Crippen molar-refractivity contribution in [2.24, 2.45) is 0 Å². The highest BCUT2D eigenvalue weighted by Gasteiger charge is 2.32. The minimum atomic E-state index is -2.40. The zero-order valence-electron chi connectivity index (χ0n) is 7.67. The number of para-hydroxylation sites is 2. The Hall–Kier alpha value is -0.430. The molecule has 1 aromatic rings. The monoisotopic (exact) mass is 312 g/mol. The van der Waals surface area contributed by atoms with E-state index in [2.05, 4.69) is 0 Å². The second-order valence-electron chi connectivity index (χ2n) is 3.20. The van der Waals surface area contributed by atoms with Crippen molar-refractivity contribution in [3.05, 3.63) is 24.3 Å². The van der Waals surface area contributed by atoms with Crippen LogP contribution in [0.4, 0.5) is 20.2 Å². The van der Waals surface area contributed by atoms with Gasteiger partial charge in [-0.2, -0.15) is 8.78 Å². The number of nitrogens with one attached hydrogen (secondary N) is 1. The quantitative estimate of drug-likeness (QED) is 0.458. The lowest BCUT2D eigenvalue weighted by atomic mass is 10.2. The lowest BCUT2D eigenvalue weighted by molar-refractivity contribution is -0.803. The molecule has 14 heavy (non-hydrogen) atoms. The summed E-state index contributed by atoms with van der Waals surface area (Å²) in [6.45, 7) is -2.06. The Morgan fingerprint density at radius 3 is 2.64 bits per heavy atom. The van der Waals surface area contributed by atoms with Crippen LogP contribution in [0.5, 0.6) is 0 Å². The van der Waals surface area contributed by atoms with E-state index in [1.54, 1.807) is 12.1 Å². The van der Waals surface area contributed by atoms with Gasteiger partial charge in [0.2, 0.25) is 0 Å². The molecule has 5 heteroatoms. The summed E-state index contributed by atoms with van der Waals surface area (Å²) < 4.78 is 25.0. The van der Waals surface area contributed by atoms with E-state index in [0.717, 1.165) is 15.5 Å². The maximum atomic E-state index is 12.5. The van der Waals surface area contributed by atoms with Crippen molar-refractivity contribution in [1.29, 1.82) is 0 Å². The van der Waals surface area contributed by atoms with Crippen molar-refractivity contribution >= 4 is 11.4 Å². The molecule has 1 N–H and O–H groups in total. The first kappa shape index (κ1) is 11.6. The second kappa shape index (κ2) is 4.39. The highest BCUT2D eigenvalue weighted by Crippen LogP contribution is 2.27. The number of halogens is 3. The summed E-state index contributed by atoms with van der Waals surface area (Å²) in [6, 6.07) is 7.27. The highest BCUT2D eigenvalue weighted by molar-refractivity contribution is 5.64. The summed E-state index contributed by atoms with van der Waals surface area (Å²) in [5.41, 5.74) is 1.60. The molecule has 1 unspecified atom stereocenters. The lowest BCUT2D eigenvalue weighted by Gasteiger charge is -2.13. The van der Waals surface area contributed by atoms with Crippen LogP contribution in [0.1, 0.15) is 0 Å². The summed E-state index contributed by atoms with van der Waals surface area (Å²) in [6.07, 6.45) is 0. The minimum absolute atomic E-state index is 0. The van der Waals surface area contributed by atoms with Crippen LogP contribution in [0.15, 0.2) is 24.3 Å². The number of anilines is 1. The molecule has 78 valence electrons. The van der Waals surface area contributed by atoms with Crippen molar-refractivity contribution in [2.75, 3.05) is 18.6 Å². The highest BCUT2D eigenvalue weighted by atomic mass is 127. The minimum Gasteiger partial charge on any atom is -1.00 e. The first-order chi connectivity index (χ1) is 6.20. The number of quaternary nitrogens is 1. The summed E-state index contributed by atoms with van der Waals surface area (Å²) >= 11 is 0. The van der Waals surface area contributed by atoms with Crippen LogP contribution >= 0.6 is 0 Å². The van der Waals surface area contributed by atoms with E-state index < -0.39 is 6.55 Å². The van der Waals surface area contributed by atoms with Gasteiger partial charge in [-0.3, -0.25) is 9.80 Å². The van der Waals surface area contributed by atoms with Crippen LogP contribution in [0.25, 0.3) is 0 Å². The van der Waals surface area contributed by atoms with Gasteiger partial charge >= 0.3 is 6.55 Å². The predicted octanol–water partition coefficient (Wildman–Crippen LogP) is -2.16. The third kappa shape index (κ3) is 1.83. The van der Waals surface area contributed by atoms with Crippen LogP contribution in [0.2, 0.25) is 0 Å². The van der Waals surface area contributed by atoms with Gasteiger partial charge in [0.15, 0.2) is 12.4 Å². The van der Waals surface area contributed by atoms with Crippen molar-refractivity contribution < 1.29 is 37.7 Å². The van der Waals surface area contributed by atoms with E-state index in [4.69, 9.17) is 0 Å². The van der Waals surface area contributed by atoms with E-state index in [1.165, 1.54) is 0 Å². The van der Waals surface area contributed by atoms with Crippen molar-refractivity contribution in [3.63, 3.8) is 0 Å². The molecule has 1 aliphatic heterocycles. The van der Waals surface area contributed by atoms with Crippen LogP contribution in [0, 0.1) is 0 Å². The molecule has 0 spiro atoms. The fourth-order valence-corrected chi connectivity index (χ4v) is 1.68. The normalized spacial score (nSPS) is 19.4. The molecule has 0 radical (unpaired) electrons. The third-order valence-corrected chi connectivity index (χ3v) is 2.32. The Balaban J connectivity index is 0.000000980. The maximum Gasteiger partial charge on any atom is 0.319 e. The zero-order valence-corrected chi connectivity index (χ0v) is 9.83. The molecule has 0 aliphatic carbocycles. The fraction of sp³-hybridized carbons (Fsp3) is 0.333. The number of hydrogen-bond donors (Lipinski definition) is 1. The van der Waals surface area contributed by atoms with E-state index in [0.29, 0.717) is 12.4 Å². The average Bonchev–Trinajstić information content (AvgIpc) is 2.45. The smallest absolute Gasteiger partial charge is 0.319 e. The van der Waals surface area contributed by atoms with Crippen molar-refractivity contribution in [2.45, 2.75) is 6.55 Å². The SMILES string of the molecule is C[NH+]1CN(C(F)F)c2ccccc21.[I-]. The van der Waals surface area contributed by atoms with Crippen molar-refractivity contribution in [3.8, 4) is 0 Å². The molecule has 2 nitrogen and oxygen atoms in total. The Bertz CT molecular complexity index is 319. The lowest BCUT2D eigenvalue weighted by Crippen LogP contribution is -3.03. The number of rotatable bonds is 1. The van der Waals surface area contributed by atoms with E-state index in [-0.39, 0.29) is 24.0 Å². The Morgan fingerprint density at radius 2 is 2.00 bits per heavy atom. The van der Waals surface area contributed by atoms with Gasteiger partial charge in [-0.05, 0) is 6.07 Å². The van der Waals surface area contributed by atoms with Gasteiger partial charge in [-0.25, -0.2) is 0 Å². The maximum absolute atomic E-state index is 12.5. The molecule has 1 heterocycles. The standard InChI is InChI=1S/C9H10F2N2.HI/c1-12-6-13(9(10)11)8-5-3-2-4-7(8)12;/h2-5,9H,6H2,1H3;1H. The topological polar surface area (TPSA) is 7.68 Å². The molecule has 0 saturated heterocycles. The number of fused-ring (bicyclic) bond motifs is 1. The van der Waals surface area contributed by atoms with Gasteiger partial charge in [0.1, 0.15) is 5.69 Å². The summed E-state index contributed by atoms with van der Waals surface area (Å²) in [4.78, 5) is 2.13. The largest absolute Gasteiger partial charge is 1.00 e. The van der Waals surface area contributed by atoms with Crippen LogP contribution in [-0.4, -0.2) is 20.3 Å². The summed E-state index contributed by atoms with van der Waals surface area (Å²) in [5, 5.41) is 0. The zero-order chi connectivity index (χ0) is 9.42.